The largest absolute Gasteiger partial charge is 0.212 e. The Morgan fingerprint density at radius 2 is 1.56 bits per heavy atom. The zero-order valence-corrected chi connectivity index (χ0v) is 5.68. The molecule has 0 fully saturated rings. The van der Waals surface area contributed by atoms with Crippen LogP contribution in [0.3, 0.4) is 0 Å². The van der Waals surface area contributed by atoms with E-state index in [1.165, 1.54) is 0 Å². The van der Waals surface area contributed by atoms with Gasteiger partial charge in [-0.15, -0.1) is 12.6 Å². The number of benzene rings is 1. The number of thiol groups is 1. The molecule has 46 valence electrons. The summed E-state index contributed by atoms with van der Waals surface area (Å²) < 4.78 is 0. The standard InChI is InChI=1S/C6H6S.N2/c7-6-4-2-1-3-5-6;1-2/h1-5,7H;/p+1. The van der Waals surface area contributed by atoms with Crippen molar-refractivity contribution >= 4 is 12.6 Å². The molecule has 0 aliphatic rings. The van der Waals surface area contributed by atoms with Crippen LogP contribution in [0.4, 0.5) is 0 Å². The van der Waals surface area contributed by atoms with Crippen molar-refractivity contribution in [1.29, 1.82) is 5.39 Å². The molecule has 0 saturated heterocycles. The maximum atomic E-state index is 6.25. The first kappa shape index (κ1) is 7.99. The van der Waals surface area contributed by atoms with Crippen molar-refractivity contribution < 1.29 is 5.39 Å². The summed E-state index contributed by atoms with van der Waals surface area (Å²) in [6.45, 7) is 0. The summed E-state index contributed by atoms with van der Waals surface area (Å²) in [5.74, 6) is 0. The molecule has 0 bridgehead atoms. The van der Waals surface area contributed by atoms with Crippen molar-refractivity contribution in [3.63, 3.8) is 0 Å². The fourth-order valence-electron chi connectivity index (χ4n) is 0.428. The lowest BCUT2D eigenvalue weighted by Crippen LogP contribution is -2.11. The van der Waals surface area contributed by atoms with E-state index in [2.05, 4.69) is 12.6 Å². The molecule has 0 spiro atoms. The van der Waals surface area contributed by atoms with Gasteiger partial charge in [0.25, 0.3) is 0 Å². The van der Waals surface area contributed by atoms with E-state index in [4.69, 9.17) is 10.8 Å². The molecule has 0 aliphatic heterocycles. The maximum Gasteiger partial charge on any atom is 0.212 e. The average Bonchev–Trinajstić information content (AvgIpc) is 1.94. The summed E-state index contributed by atoms with van der Waals surface area (Å²) in [5, 5.41) is 11.0. The van der Waals surface area contributed by atoms with E-state index in [0.717, 1.165) is 4.90 Å². The summed E-state index contributed by atoms with van der Waals surface area (Å²) in [5.41, 5.74) is 0. The molecule has 0 amide bonds. The number of nitrogens with zero attached hydrogens (tertiary/aromatic N) is 1. The predicted molar refractivity (Wildman–Crippen MR) is 36.4 cm³/mol. The van der Waals surface area contributed by atoms with Gasteiger partial charge in [-0.1, -0.05) is 18.2 Å². The monoisotopic (exact) mass is 139 g/mol. The molecule has 1 aromatic carbocycles. The lowest BCUT2D eigenvalue weighted by atomic mass is 10.4. The Morgan fingerprint density at radius 3 is 1.78 bits per heavy atom. The van der Waals surface area contributed by atoms with Crippen LogP contribution in [0, 0.1) is 5.39 Å². The fourth-order valence-corrected chi connectivity index (χ4v) is 0.600. The Balaban J connectivity index is 0.000000291. The molecule has 9 heavy (non-hydrogen) atoms. The number of hydrogen-bond acceptors (Lipinski definition) is 2. The van der Waals surface area contributed by atoms with E-state index in [0.29, 0.717) is 0 Å². The second kappa shape index (κ2) is 5.13. The van der Waals surface area contributed by atoms with Gasteiger partial charge >= 0.3 is 0 Å². The summed E-state index contributed by atoms with van der Waals surface area (Å²) in [7, 11) is 0. The molecule has 3 heteroatoms. The molecule has 0 aromatic heterocycles. The van der Waals surface area contributed by atoms with Gasteiger partial charge in [0.2, 0.25) is 5.39 Å². The second-order valence-electron chi connectivity index (χ2n) is 1.34. The van der Waals surface area contributed by atoms with Gasteiger partial charge in [0, 0.05) is 4.90 Å². The molecule has 0 aliphatic carbocycles. The Hall–Kier alpha value is -1.01. The minimum atomic E-state index is 1.02. The molecular formula is C6H7N2S+. The van der Waals surface area contributed by atoms with Gasteiger partial charge in [-0.3, -0.25) is 0 Å². The third kappa shape index (κ3) is 3.56. The highest BCUT2D eigenvalue weighted by atomic mass is 32.1. The lowest BCUT2D eigenvalue weighted by Gasteiger charge is -1.81. The van der Waals surface area contributed by atoms with Crippen molar-refractivity contribution in [1.82, 2.24) is 0 Å². The molecule has 0 heterocycles. The van der Waals surface area contributed by atoms with Crippen LogP contribution < -0.4 is 5.39 Å². The molecule has 0 radical (unpaired) electrons. The first-order valence-electron chi connectivity index (χ1n) is 2.36. The molecule has 2 nitrogen and oxygen atoms in total. The highest BCUT2D eigenvalue weighted by Crippen LogP contribution is 2.00. The summed E-state index contributed by atoms with van der Waals surface area (Å²) in [6, 6.07) is 9.79. The van der Waals surface area contributed by atoms with Crippen molar-refractivity contribution in [2.75, 3.05) is 0 Å². The first-order chi connectivity index (χ1) is 4.39. The quantitative estimate of drug-likeness (QED) is 0.393. The van der Waals surface area contributed by atoms with Gasteiger partial charge in [0.15, 0.2) is 0 Å². The minimum Gasteiger partial charge on any atom is -0.143 e. The predicted octanol–water partition coefficient (Wildman–Crippen LogP) is 0.255. The van der Waals surface area contributed by atoms with Crippen LogP contribution in [0.25, 0.3) is 0 Å². The van der Waals surface area contributed by atoms with Gasteiger partial charge in [0.1, 0.15) is 0 Å². The van der Waals surface area contributed by atoms with Crippen LogP contribution in [0.2, 0.25) is 0 Å². The van der Waals surface area contributed by atoms with Gasteiger partial charge < -0.3 is 0 Å². The number of nitrogens with one attached hydrogen (secondary N) is 1. The van der Waals surface area contributed by atoms with E-state index >= 15 is 0 Å². The fraction of sp³-hybridized carbons (Fsp3) is 0. The van der Waals surface area contributed by atoms with Gasteiger partial charge in [-0.05, 0) is 12.1 Å². The number of diazo groups is 1. The zero-order valence-electron chi connectivity index (χ0n) is 4.78. The third-order valence-electron chi connectivity index (χ3n) is 0.756. The van der Waals surface area contributed by atoms with Crippen LogP contribution in [0.1, 0.15) is 0 Å². The summed E-state index contributed by atoms with van der Waals surface area (Å²) >= 11 is 4.08. The van der Waals surface area contributed by atoms with Crippen molar-refractivity contribution in [3.05, 3.63) is 30.3 Å². The average molecular weight is 139 g/mol. The number of rotatable bonds is 0. The van der Waals surface area contributed by atoms with Crippen LogP contribution in [0.15, 0.2) is 35.2 Å². The normalized spacial score (nSPS) is 7.00. The van der Waals surface area contributed by atoms with E-state index in [-0.39, 0.29) is 0 Å². The Kier molecular flexibility index (Phi) is 4.56. The van der Waals surface area contributed by atoms with Gasteiger partial charge in [-0.25, -0.2) is 0 Å². The van der Waals surface area contributed by atoms with Crippen LogP contribution in [-0.4, -0.2) is 0 Å². The molecule has 1 aromatic rings. The highest BCUT2D eigenvalue weighted by molar-refractivity contribution is 7.80. The Labute approximate surface area is 59.3 Å². The summed E-state index contributed by atoms with van der Waals surface area (Å²) in [4.78, 5) is 1.02. The van der Waals surface area contributed by atoms with Crippen molar-refractivity contribution in [3.8, 4) is 0 Å². The van der Waals surface area contributed by atoms with Crippen LogP contribution in [-0.2, 0) is 0 Å². The van der Waals surface area contributed by atoms with Crippen molar-refractivity contribution in [2.24, 2.45) is 0 Å². The van der Waals surface area contributed by atoms with Crippen LogP contribution in [0.5, 0.6) is 0 Å². The van der Waals surface area contributed by atoms with E-state index in [1.807, 2.05) is 30.3 Å². The van der Waals surface area contributed by atoms with Crippen molar-refractivity contribution in [2.45, 2.75) is 4.90 Å². The SMILES string of the molecule is N#[NH+].Sc1ccccc1. The highest BCUT2D eigenvalue weighted by Gasteiger charge is 1.73. The lowest BCUT2D eigenvalue weighted by molar-refractivity contribution is -0.175. The molecular weight excluding hydrogens is 132 g/mol. The van der Waals surface area contributed by atoms with E-state index in [9.17, 15) is 0 Å². The third-order valence-corrected chi connectivity index (χ3v) is 1.05. The Morgan fingerprint density at radius 1 is 1.11 bits per heavy atom. The smallest absolute Gasteiger partial charge is 0.143 e. The first-order valence-corrected chi connectivity index (χ1v) is 2.81. The molecule has 0 saturated carbocycles. The zero-order chi connectivity index (χ0) is 7.11. The molecule has 1 N–H and O–H groups in total. The molecule has 0 unspecified atom stereocenters. The molecule has 1 rings (SSSR count). The number of hydrogen-bond donors (Lipinski definition) is 2. The Bertz CT molecular complexity index is 171. The topological polar surface area (TPSA) is 47.6 Å². The molecule has 0 atom stereocenters. The van der Waals surface area contributed by atoms with Crippen LogP contribution >= 0.6 is 12.6 Å². The van der Waals surface area contributed by atoms with E-state index in [1.54, 1.807) is 0 Å². The van der Waals surface area contributed by atoms with Gasteiger partial charge in [0.05, 0.1) is 5.39 Å². The van der Waals surface area contributed by atoms with Gasteiger partial charge in [-0.2, -0.15) is 0 Å². The second-order valence-corrected chi connectivity index (χ2v) is 1.85. The minimum absolute atomic E-state index is 1.02. The maximum absolute atomic E-state index is 6.25. The van der Waals surface area contributed by atoms with E-state index < -0.39 is 0 Å². The summed E-state index contributed by atoms with van der Waals surface area (Å²) in [6.07, 6.45) is 0.